The average Bonchev–Trinajstić information content (AvgIpc) is 2.80. The molecule has 0 saturated heterocycles. The van der Waals surface area contributed by atoms with E-state index in [4.69, 9.17) is 5.73 Å². The van der Waals surface area contributed by atoms with Gasteiger partial charge in [0.25, 0.3) is 0 Å². The highest BCUT2D eigenvalue weighted by Crippen LogP contribution is 2.28. The van der Waals surface area contributed by atoms with Crippen LogP contribution in [0.4, 0.5) is 4.39 Å². The van der Waals surface area contributed by atoms with Gasteiger partial charge in [0, 0.05) is 11.1 Å². The van der Waals surface area contributed by atoms with E-state index in [1.165, 1.54) is 12.1 Å². The fraction of sp³-hybridized carbons (Fsp3) is 0.250. The first kappa shape index (κ1) is 11.8. The lowest BCUT2D eigenvalue weighted by Crippen LogP contribution is -2.37. The Labute approximate surface area is 98.3 Å². The summed E-state index contributed by atoms with van der Waals surface area (Å²) in [5.41, 5.74) is 7.27. The van der Waals surface area contributed by atoms with Crippen molar-refractivity contribution in [2.75, 3.05) is 6.61 Å². The van der Waals surface area contributed by atoms with E-state index in [2.05, 4.69) is 10.2 Å². The molecule has 0 aliphatic heterocycles. The third-order valence-corrected chi connectivity index (χ3v) is 2.72. The first-order valence-corrected chi connectivity index (χ1v) is 5.24. The van der Waals surface area contributed by atoms with Crippen LogP contribution >= 0.6 is 0 Å². The molecule has 5 heteroatoms. The topological polar surface area (TPSA) is 74.9 Å². The standard InChI is InChI=1S/C12H14FN3O/c1-12(14,7-17)10-6-15-16-11(10)8-2-4-9(13)5-3-8/h2-6,17H,7,14H2,1H3,(H,15,16). The van der Waals surface area contributed by atoms with Crippen LogP contribution in [0, 0.1) is 5.82 Å². The third kappa shape index (κ3) is 2.20. The number of rotatable bonds is 3. The Hall–Kier alpha value is -1.72. The zero-order chi connectivity index (χ0) is 12.5. The largest absolute Gasteiger partial charge is 0.394 e. The summed E-state index contributed by atoms with van der Waals surface area (Å²) in [6.07, 6.45) is 1.58. The van der Waals surface area contributed by atoms with E-state index in [1.807, 2.05) is 0 Å². The summed E-state index contributed by atoms with van der Waals surface area (Å²) in [6, 6.07) is 6.01. The lowest BCUT2D eigenvalue weighted by Gasteiger charge is -2.21. The number of H-pyrrole nitrogens is 1. The van der Waals surface area contributed by atoms with Crippen molar-refractivity contribution in [2.45, 2.75) is 12.5 Å². The number of nitrogens with two attached hydrogens (primary N) is 1. The Bertz CT molecular complexity index is 505. The number of hydrogen-bond acceptors (Lipinski definition) is 3. The predicted molar refractivity (Wildman–Crippen MR) is 62.6 cm³/mol. The van der Waals surface area contributed by atoms with Crippen LogP contribution in [0.1, 0.15) is 12.5 Å². The van der Waals surface area contributed by atoms with Gasteiger partial charge in [0.15, 0.2) is 0 Å². The molecule has 1 unspecified atom stereocenters. The molecule has 0 aliphatic carbocycles. The second kappa shape index (κ2) is 4.27. The first-order chi connectivity index (χ1) is 8.04. The van der Waals surface area contributed by atoms with E-state index >= 15 is 0 Å². The van der Waals surface area contributed by atoms with Gasteiger partial charge >= 0.3 is 0 Å². The van der Waals surface area contributed by atoms with Crippen molar-refractivity contribution < 1.29 is 9.50 Å². The molecule has 0 fully saturated rings. The van der Waals surface area contributed by atoms with E-state index < -0.39 is 5.54 Å². The zero-order valence-electron chi connectivity index (χ0n) is 9.44. The fourth-order valence-electron chi connectivity index (χ4n) is 1.64. The van der Waals surface area contributed by atoms with Crippen molar-refractivity contribution in [1.29, 1.82) is 0 Å². The number of aromatic nitrogens is 2. The van der Waals surface area contributed by atoms with Crippen molar-refractivity contribution in [3.8, 4) is 11.3 Å². The molecular formula is C12H14FN3O. The molecular weight excluding hydrogens is 221 g/mol. The minimum Gasteiger partial charge on any atom is -0.394 e. The minimum absolute atomic E-state index is 0.194. The minimum atomic E-state index is -0.878. The number of aliphatic hydroxyl groups is 1. The Balaban J connectivity index is 2.47. The molecule has 17 heavy (non-hydrogen) atoms. The van der Waals surface area contributed by atoms with E-state index in [-0.39, 0.29) is 12.4 Å². The molecule has 1 atom stereocenters. The third-order valence-electron chi connectivity index (χ3n) is 2.72. The molecule has 2 aromatic rings. The number of aliphatic hydroxyl groups excluding tert-OH is 1. The van der Waals surface area contributed by atoms with Gasteiger partial charge in [0.2, 0.25) is 0 Å². The molecule has 2 rings (SSSR count). The van der Waals surface area contributed by atoms with Gasteiger partial charge in [-0.3, -0.25) is 5.10 Å². The van der Waals surface area contributed by atoms with Crippen LogP contribution in [0.25, 0.3) is 11.3 Å². The molecule has 4 N–H and O–H groups in total. The molecule has 90 valence electrons. The lowest BCUT2D eigenvalue weighted by molar-refractivity contribution is 0.210. The van der Waals surface area contributed by atoms with Gasteiger partial charge in [-0.25, -0.2) is 4.39 Å². The highest BCUT2D eigenvalue weighted by atomic mass is 19.1. The Kier molecular flexibility index (Phi) is 2.95. The van der Waals surface area contributed by atoms with Crippen molar-refractivity contribution in [3.05, 3.63) is 41.8 Å². The summed E-state index contributed by atoms with van der Waals surface area (Å²) < 4.78 is 12.8. The van der Waals surface area contributed by atoms with E-state index in [9.17, 15) is 9.50 Å². The Morgan fingerprint density at radius 1 is 1.41 bits per heavy atom. The summed E-state index contributed by atoms with van der Waals surface area (Å²) in [6.45, 7) is 1.52. The molecule has 0 saturated carbocycles. The number of nitrogens with one attached hydrogen (secondary N) is 1. The molecule has 0 spiro atoms. The van der Waals surface area contributed by atoms with Gasteiger partial charge in [-0.15, -0.1) is 0 Å². The SMILES string of the molecule is CC(N)(CO)c1cn[nH]c1-c1ccc(F)cc1. The number of aromatic amines is 1. The highest BCUT2D eigenvalue weighted by Gasteiger charge is 2.25. The maximum absolute atomic E-state index is 12.8. The number of hydrogen-bond donors (Lipinski definition) is 3. The molecule has 0 bridgehead atoms. The second-order valence-corrected chi connectivity index (χ2v) is 4.24. The van der Waals surface area contributed by atoms with E-state index in [1.54, 1.807) is 25.3 Å². The molecule has 1 heterocycles. The quantitative estimate of drug-likeness (QED) is 0.752. The van der Waals surface area contributed by atoms with Gasteiger partial charge in [0.05, 0.1) is 24.0 Å². The Morgan fingerprint density at radius 3 is 2.65 bits per heavy atom. The molecule has 0 radical (unpaired) electrons. The average molecular weight is 235 g/mol. The zero-order valence-corrected chi connectivity index (χ0v) is 9.44. The summed E-state index contributed by atoms with van der Waals surface area (Å²) in [5.74, 6) is -0.299. The Morgan fingerprint density at radius 2 is 2.06 bits per heavy atom. The normalized spacial score (nSPS) is 14.6. The number of halogens is 1. The summed E-state index contributed by atoms with van der Waals surface area (Å²) in [5, 5.41) is 16.0. The van der Waals surface area contributed by atoms with Crippen LogP contribution < -0.4 is 5.73 Å². The maximum Gasteiger partial charge on any atom is 0.123 e. The first-order valence-electron chi connectivity index (χ1n) is 5.24. The van der Waals surface area contributed by atoms with Crippen LogP contribution in [-0.4, -0.2) is 21.9 Å². The van der Waals surface area contributed by atoms with E-state index in [0.717, 1.165) is 5.56 Å². The molecule has 0 aliphatic rings. The smallest absolute Gasteiger partial charge is 0.123 e. The molecule has 4 nitrogen and oxygen atoms in total. The van der Waals surface area contributed by atoms with Gasteiger partial charge in [-0.2, -0.15) is 5.10 Å². The second-order valence-electron chi connectivity index (χ2n) is 4.24. The predicted octanol–water partition coefficient (Wildman–Crippen LogP) is 1.38. The van der Waals surface area contributed by atoms with Crippen molar-refractivity contribution >= 4 is 0 Å². The van der Waals surface area contributed by atoms with Crippen LogP contribution in [0.5, 0.6) is 0 Å². The summed E-state index contributed by atoms with van der Waals surface area (Å²) in [7, 11) is 0. The van der Waals surface area contributed by atoms with Crippen LogP contribution in [0.2, 0.25) is 0 Å². The van der Waals surface area contributed by atoms with E-state index in [0.29, 0.717) is 11.3 Å². The van der Waals surface area contributed by atoms with Crippen molar-refractivity contribution in [3.63, 3.8) is 0 Å². The van der Waals surface area contributed by atoms with Crippen molar-refractivity contribution in [1.82, 2.24) is 10.2 Å². The van der Waals surface area contributed by atoms with Crippen LogP contribution in [-0.2, 0) is 5.54 Å². The highest BCUT2D eigenvalue weighted by molar-refractivity contribution is 5.64. The monoisotopic (exact) mass is 235 g/mol. The van der Waals surface area contributed by atoms with Gasteiger partial charge in [-0.05, 0) is 31.2 Å². The van der Waals surface area contributed by atoms with Gasteiger partial charge in [0.1, 0.15) is 5.82 Å². The van der Waals surface area contributed by atoms with Crippen LogP contribution in [0.15, 0.2) is 30.5 Å². The number of nitrogens with zero attached hydrogens (tertiary/aromatic N) is 1. The molecule has 1 aromatic carbocycles. The number of benzene rings is 1. The van der Waals surface area contributed by atoms with Gasteiger partial charge < -0.3 is 10.8 Å². The summed E-state index contributed by atoms with van der Waals surface area (Å²) >= 11 is 0. The maximum atomic E-state index is 12.8. The van der Waals surface area contributed by atoms with Crippen LogP contribution in [0.3, 0.4) is 0 Å². The lowest BCUT2D eigenvalue weighted by atomic mass is 9.92. The van der Waals surface area contributed by atoms with Crippen molar-refractivity contribution in [2.24, 2.45) is 5.73 Å². The van der Waals surface area contributed by atoms with Gasteiger partial charge in [-0.1, -0.05) is 0 Å². The molecule has 0 amide bonds. The molecule has 1 aromatic heterocycles. The summed E-state index contributed by atoms with van der Waals surface area (Å²) in [4.78, 5) is 0. The fourth-order valence-corrected chi connectivity index (χ4v) is 1.64.